The molecule has 0 aliphatic carbocycles. The van der Waals surface area contributed by atoms with Crippen LogP contribution in [-0.2, 0) is 9.59 Å². The number of hydrogen-bond acceptors (Lipinski definition) is 6. The maximum Gasteiger partial charge on any atom is 0.258 e. The lowest BCUT2D eigenvalue weighted by Gasteiger charge is -2.23. The second-order valence-electron chi connectivity index (χ2n) is 6.94. The third-order valence-electron chi connectivity index (χ3n) is 4.67. The number of nitrogens with zero attached hydrogens (tertiary/aromatic N) is 2. The second-order valence-corrected chi connectivity index (χ2v) is 7.92. The van der Waals surface area contributed by atoms with Crippen LogP contribution < -0.4 is 15.4 Å². The van der Waals surface area contributed by atoms with Gasteiger partial charge in [-0.2, -0.15) is 0 Å². The first-order valence-corrected chi connectivity index (χ1v) is 10.7. The molecule has 2 aromatic carbocycles. The number of nitrogens with one attached hydrogen (secondary N) is 2. The molecule has 0 bridgehead atoms. The van der Waals surface area contributed by atoms with E-state index in [-0.39, 0.29) is 24.2 Å². The van der Waals surface area contributed by atoms with Crippen LogP contribution in [0, 0.1) is 11.7 Å². The van der Waals surface area contributed by atoms with Crippen molar-refractivity contribution in [1.29, 1.82) is 0 Å². The highest BCUT2D eigenvalue weighted by Gasteiger charge is 2.27. The van der Waals surface area contributed by atoms with Gasteiger partial charge in [-0.15, -0.1) is 10.2 Å². The molecule has 31 heavy (non-hydrogen) atoms. The number of halogens is 1. The van der Waals surface area contributed by atoms with E-state index in [1.807, 2.05) is 32.0 Å². The van der Waals surface area contributed by atoms with Crippen molar-refractivity contribution >= 4 is 28.3 Å². The van der Waals surface area contributed by atoms with Crippen molar-refractivity contribution in [2.45, 2.75) is 26.3 Å². The Morgan fingerprint density at radius 1 is 1.10 bits per heavy atom. The fourth-order valence-corrected chi connectivity index (χ4v) is 3.50. The van der Waals surface area contributed by atoms with Crippen molar-refractivity contribution < 1.29 is 18.7 Å². The molecule has 3 aromatic rings. The van der Waals surface area contributed by atoms with Crippen LogP contribution in [0.5, 0.6) is 5.75 Å². The second kappa shape index (κ2) is 10.6. The van der Waals surface area contributed by atoms with E-state index in [2.05, 4.69) is 20.8 Å². The third kappa shape index (κ3) is 6.32. The predicted molar refractivity (Wildman–Crippen MR) is 117 cm³/mol. The van der Waals surface area contributed by atoms with Crippen LogP contribution in [0.2, 0.25) is 0 Å². The van der Waals surface area contributed by atoms with Gasteiger partial charge >= 0.3 is 0 Å². The number of carbonyl (C=O) groups excluding carboxylic acids is 2. The van der Waals surface area contributed by atoms with E-state index in [9.17, 15) is 14.0 Å². The molecule has 0 saturated carbocycles. The van der Waals surface area contributed by atoms with Gasteiger partial charge in [-0.3, -0.25) is 14.9 Å². The van der Waals surface area contributed by atoms with Gasteiger partial charge in [0.05, 0.1) is 0 Å². The lowest BCUT2D eigenvalue weighted by Crippen LogP contribution is -2.49. The van der Waals surface area contributed by atoms with Gasteiger partial charge in [0.15, 0.2) is 6.61 Å². The fourth-order valence-electron chi connectivity index (χ4n) is 2.75. The molecule has 3 rings (SSSR count). The number of rotatable bonds is 9. The minimum atomic E-state index is -0.755. The fraction of sp³-hybridized carbons (Fsp3) is 0.273. The predicted octanol–water partition coefficient (Wildman–Crippen LogP) is 3.89. The Kier molecular flexibility index (Phi) is 7.66. The first-order valence-electron chi connectivity index (χ1n) is 9.83. The number of anilines is 1. The van der Waals surface area contributed by atoms with Crippen LogP contribution in [0.1, 0.15) is 20.3 Å². The van der Waals surface area contributed by atoms with Crippen molar-refractivity contribution in [2.24, 2.45) is 5.92 Å². The van der Waals surface area contributed by atoms with Gasteiger partial charge in [0, 0.05) is 5.56 Å². The molecule has 7 nitrogen and oxygen atoms in total. The summed E-state index contributed by atoms with van der Waals surface area (Å²) in [5, 5.41) is 14.3. The Morgan fingerprint density at radius 2 is 1.81 bits per heavy atom. The first kappa shape index (κ1) is 22.4. The molecular formula is C22H23FN4O3S. The Balaban J connectivity index is 1.62. The Bertz CT molecular complexity index is 1010. The van der Waals surface area contributed by atoms with Crippen molar-refractivity contribution in [3.05, 3.63) is 60.4 Å². The lowest BCUT2D eigenvalue weighted by atomic mass is 9.98. The summed E-state index contributed by atoms with van der Waals surface area (Å²) in [5.74, 6) is -0.655. The summed E-state index contributed by atoms with van der Waals surface area (Å²) >= 11 is 1.17. The monoisotopic (exact) mass is 442 g/mol. The van der Waals surface area contributed by atoms with E-state index in [4.69, 9.17) is 4.74 Å². The number of ether oxygens (including phenoxy) is 1. The number of para-hydroxylation sites is 1. The number of aromatic nitrogens is 2. The van der Waals surface area contributed by atoms with Crippen molar-refractivity contribution in [2.75, 3.05) is 11.9 Å². The average Bonchev–Trinajstić information content (AvgIpc) is 3.25. The summed E-state index contributed by atoms with van der Waals surface area (Å²) in [4.78, 5) is 25.2. The smallest absolute Gasteiger partial charge is 0.258 e. The maximum absolute atomic E-state index is 13.1. The van der Waals surface area contributed by atoms with Gasteiger partial charge in [0.1, 0.15) is 22.6 Å². The molecule has 0 radical (unpaired) electrons. The van der Waals surface area contributed by atoms with Crippen molar-refractivity contribution in [3.63, 3.8) is 0 Å². The van der Waals surface area contributed by atoms with Gasteiger partial charge in [-0.05, 0) is 42.3 Å². The topological polar surface area (TPSA) is 93.2 Å². The summed E-state index contributed by atoms with van der Waals surface area (Å²) in [5.41, 5.74) is 0.698. The number of amides is 2. The zero-order chi connectivity index (χ0) is 22.2. The van der Waals surface area contributed by atoms with Crippen molar-refractivity contribution in [3.8, 4) is 16.3 Å². The van der Waals surface area contributed by atoms with E-state index in [1.54, 1.807) is 24.3 Å². The number of hydrogen-bond donors (Lipinski definition) is 2. The molecular weight excluding hydrogens is 419 g/mol. The van der Waals surface area contributed by atoms with Crippen molar-refractivity contribution in [1.82, 2.24) is 15.5 Å². The molecule has 162 valence electrons. The molecule has 0 saturated heterocycles. The minimum Gasteiger partial charge on any atom is -0.484 e. The maximum atomic E-state index is 13.1. The molecule has 0 aliphatic heterocycles. The number of benzene rings is 2. The molecule has 0 fully saturated rings. The van der Waals surface area contributed by atoms with E-state index in [1.165, 1.54) is 23.5 Å². The van der Waals surface area contributed by atoms with Gasteiger partial charge in [0.25, 0.3) is 5.91 Å². The SMILES string of the molecule is CCC(C)C(NC(=O)COc1ccccc1)C(=O)Nc1nnc(-c2ccc(F)cc2)s1. The highest BCUT2D eigenvalue weighted by atomic mass is 32.1. The first-order chi connectivity index (χ1) is 15.0. The normalized spacial score (nSPS) is 12.6. The van der Waals surface area contributed by atoms with Gasteiger partial charge in [-0.1, -0.05) is 49.8 Å². The van der Waals surface area contributed by atoms with E-state index < -0.39 is 11.9 Å². The number of carbonyl (C=O) groups is 2. The molecule has 2 unspecified atom stereocenters. The van der Waals surface area contributed by atoms with E-state index in [0.29, 0.717) is 27.9 Å². The van der Waals surface area contributed by atoms with Crippen LogP contribution in [0.15, 0.2) is 54.6 Å². The third-order valence-corrected chi connectivity index (χ3v) is 5.56. The Hall–Kier alpha value is -3.33. The molecule has 0 spiro atoms. The summed E-state index contributed by atoms with van der Waals surface area (Å²) in [6.45, 7) is 3.62. The highest BCUT2D eigenvalue weighted by molar-refractivity contribution is 7.18. The zero-order valence-electron chi connectivity index (χ0n) is 17.2. The summed E-state index contributed by atoms with van der Waals surface area (Å²) in [6, 6.07) is 14.1. The molecule has 2 amide bonds. The van der Waals surface area contributed by atoms with E-state index >= 15 is 0 Å². The average molecular weight is 443 g/mol. The van der Waals surface area contributed by atoms with Gasteiger partial charge in [0.2, 0.25) is 11.0 Å². The quantitative estimate of drug-likeness (QED) is 0.524. The Morgan fingerprint density at radius 3 is 2.48 bits per heavy atom. The molecule has 0 aliphatic rings. The molecule has 9 heteroatoms. The lowest BCUT2D eigenvalue weighted by molar-refractivity contribution is -0.128. The molecule has 2 atom stereocenters. The zero-order valence-corrected chi connectivity index (χ0v) is 18.0. The molecule has 1 heterocycles. The van der Waals surface area contributed by atoms with Crippen LogP contribution in [0.3, 0.4) is 0 Å². The van der Waals surface area contributed by atoms with E-state index in [0.717, 1.165) is 0 Å². The van der Waals surface area contributed by atoms with Crippen LogP contribution >= 0.6 is 11.3 Å². The highest BCUT2D eigenvalue weighted by Crippen LogP contribution is 2.26. The summed E-state index contributed by atoms with van der Waals surface area (Å²) in [6.07, 6.45) is 0.689. The van der Waals surface area contributed by atoms with Gasteiger partial charge in [-0.25, -0.2) is 4.39 Å². The molecule has 1 aromatic heterocycles. The summed E-state index contributed by atoms with van der Waals surface area (Å²) in [7, 11) is 0. The van der Waals surface area contributed by atoms with Crippen LogP contribution in [-0.4, -0.2) is 34.7 Å². The van der Waals surface area contributed by atoms with Crippen LogP contribution in [0.25, 0.3) is 10.6 Å². The molecule has 2 N–H and O–H groups in total. The van der Waals surface area contributed by atoms with Crippen LogP contribution in [0.4, 0.5) is 9.52 Å². The summed E-state index contributed by atoms with van der Waals surface area (Å²) < 4.78 is 18.6. The largest absolute Gasteiger partial charge is 0.484 e. The van der Waals surface area contributed by atoms with Gasteiger partial charge < -0.3 is 10.1 Å². The standard InChI is InChI=1S/C22H23FN4O3S/c1-3-14(2)19(24-18(28)13-30-17-7-5-4-6-8-17)20(29)25-22-27-26-21(31-22)15-9-11-16(23)12-10-15/h4-12,14,19H,3,13H2,1-2H3,(H,24,28)(H,25,27,29). The minimum absolute atomic E-state index is 0.106. The Labute approximate surface area is 183 Å².